The van der Waals surface area contributed by atoms with Crippen LogP contribution >= 0.6 is 0 Å². The van der Waals surface area contributed by atoms with Crippen molar-refractivity contribution in [2.24, 2.45) is 17.8 Å². The Kier molecular flexibility index (Phi) is 0.715. The van der Waals surface area contributed by atoms with Gasteiger partial charge in [-0.15, -0.1) is 0 Å². The van der Waals surface area contributed by atoms with E-state index in [1.807, 2.05) is 0 Å². The van der Waals surface area contributed by atoms with Crippen molar-refractivity contribution in [1.29, 1.82) is 0 Å². The lowest BCUT2D eigenvalue weighted by Gasteiger charge is -2.20. The number of fused-ring (bicyclic) bond motifs is 1. The van der Waals surface area contributed by atoms with Crippen LogP contribution < -0.4 is 5.32 Å². The molecule has 0 radical (unpaired) electrons. The first kappa shape index (κ1) is 5.16. The molecule has 0 bridgehead atoms. The highest BCUT2D eigenvalue weighted by atomic mass is 16.2. The molecule has 3 fully saturated rings. The fourth-order valence-electron chi connectivity index (χ4n) is 2.90. The van der Waals surface area contributed by atoms with E-state index in [0.29, 0.717) is 17.9 Å². The predicted molar refractivity (Wildman–Crippen MR) is 36.3 cm³/mol. The number of nitrogens with one attached hydrogen (secondary N) is 1. The third kappa shape index (κ3) is 0.414. The minimum absolute atomic E-state index is 0.347. The first-order valence-electron chi connectivity index (χ1n) is 4.18. The second-order valence-corrected chi connectivity index (χ2v) is 3.81. The number of rotatable bonds is 0. The van der Waals surface area contributed by atoms with Crippen molar-refractivity contribution in [2.75, 3.05) is 0 Å². The second kappa shape index (κ2) is 1.39. The van der Waals surface area contributed by atoms with Crippen LogP contribution in [-0.4, -0.2) is 11.9 Å². The second-order valence-electron chi connectivity index (χ2n) is 3.81. The molecule has 0 aromatic carbocycles. The lowest BCUT2D eigenvalue weighted by Crippen LogP contribution is -2.34. The minimum Gasteiger partial charge on any atom is -0.353 e. The number of carbonyl (C=O) groups excluding carboxylic acids is 1. The molecule has 4 atom stereocenters. The van der Waals surface area contributed by atoms with Gasteiger partial charge in [-0.25, -0.2) is 0 Å². The molecule has 1 aliphatic heterocycles. The molecule has 1 amide bonds. The molecule has 0 spiro atoms. The van der Waals surface area contributed by atoms with E-state index in [2.05, 4.69) is 5.32 Å². The van der Waals surface area contributed by atoms with Gasteiger partial charge >= 0.3 is 0 Å². The molecule has 54 valence electrons. The maximum Gasteiger partial charge on any atom is 0.223 e. The van der Waals surface area contributed by atoms with E-state index in [9.17, 15) is 4.79 Å². The van der Waals surface area contributed by atoms with Crippen molar-refractivity contribution in [1.82, 2.24) is 5.32 Å². The highest BCUT2D eigenvalue weighted by molar-refractivity contribution is 5.86. The Labute approximate surface area is 60.0 Å². The first-order chi connectivity index (χ1) is 4.88. The summed E-state index contributed by atoms with van der Waals surface area (Å²) in [6.45, 7) is 0. The largest absolute Gasteiger partial charge is 0.353 e. The van der Waals surface area contributed by atoms with Gasteiger partial charge in [-0.1, -0.05) is 6.42 Å². The van der Waals surface area contributed by atoms with Crippen molar-refractivity contribution in [3.8, 4) is 0 Å². The van der Waals surface area contributed by atoms with Crippen molar-refractivity contribution in [2.45, 2.75) is 25.3 Å². The van der Waals surface area contributed by atoms with Crippen LogP contribution in [0.5, 0.6) is 0 Å². The average Bonchev–Trinajstić information content (AvgIpc) is 2.51. The average molecular weight is 137 g/mol. The summed E-state index contributed by atoms with van der Waals surface area (Å²) in [6.07, 6.45) is 3.89. The molecule has 1 N–H and O–H groups in total. The van der Waals surface area contributed by atoms with Crippen molar-refractivity contribution < 1.29 is 4.79 Å². The van der Waals surface area contributed by atoms with Crippen LogP contribution in [0.3, 0.4) is 0 Å². The Morgan fingerprint density at radius 3 is 3.00 bits per heavy atom. The first-order valence-corrected chi connectivity index (χ1v) is 4.18. The summed E-state index contributed by atoms with van der Waals surface area (Å²) in [5, 5.41) is 3.05. The summed E-state index contributed by atoms with van der Waals surface area (Å²) in [4.78, 5) is 11.1. The molecule has 2 saturated carbocycles. The molecule has 2 heteroatoms. The van der Waals surface area contributed by atoms with E-state index in [0.717, 1.165) is 11.8 Å². The highest BCUT2D eigenvalue weighted by Crippen LogP contribution is 2.58. The Balaban J connectivity index is 1.95. The van der Waals surface area contributed by atoms with Gasteiger partial charge in [0, 0.05) is 12.0 Å². The van der Waals surface area contributed by atoms with Gasteiger partial charge in [0.05, 0.1) is 0 Å². The van der Waals surface area contributed by atoms with E-state index < -0.39 is 0 Å². The Morgan fingerprint density at radius 2 is 2.30 bits per heavy atom. The summed E-state index contributed by atoms with van der Waals surface area (Å²) in [5.74, 6) is 2.36. The van der Waals surface area contributed by atoms with Crippen molar-refractivity contribution >= 4 is 5.91 Å². The number of amides is 1. The molecular formula is C8H11NO. The highest BCUT2D eigenvalue weighted by Gasteiger charge is 2.63. The van der Waals surface area contributed by atoms with Crippen LogP contribution in [0.4, 0.5) is 0 Å². The molecule has 10 heavy (non-hydrogen) atoms. The third-order valence-corrected chi connectivity index (χ3v) is 3.38. The maximum absolute atomic E-state index is 11.1. The van der Waals surface area contributed by atoms with Crippen molar-refractivity contribution in [3.05, 3.63) is 0 Å². The molecule has 2 aliphatic carbocycles. The summed E-state index contributed by atoms with van der Waals surface area (Å²) >= 11 is 0. The van der Waals surface area contributed by atoms with Crippen LogP contribution in [0.2, 0.25) is 0 Å². The third-order valence-electron chi connectivity index (χ3n) is 3.38. The van der Waals surface area contributed by atoms with E-state index in [4.69, 9.17) is 0 Å². The standard InChI is InChI=1S/C8H11NO/c10-8-7-4-2-1-3-5(9-8)6(4)7/h4-7H,1-3H2,(H,9,10)/t4-,5+,6-,7-/m0/s1. The fourth-order valence-corrected chi connectivity index (χ4v) is 2.90. The predicted octanol–water partition coefficient (Wildman–Crippen LogP) is 0.531. The zero-order valence-corrected chi connectivity index (χ0v) is 5.84. The van der Waals surface area contributed by atoms with Gasteiger partial charge in [0.25, 0.3) is 0 Å². The van der Waals surface area contributed by atoms with Gasteiger partial charge in [-0.3, -0.25) is 4.79 Å². The lowest BCUT2D eigenvalue weighted by atomic mass is 9.96. The number of piperidine rings is 1. The summed E-state index contributed by atoms with van der Waals surface area (Å²) in [6, 6.07) is 0.580. The normalized spacial score (nSPS) is 55.8. The topological polar surface area (TPSA) is 29.1 Å². The van der Waals surface area contributed by atoms with Crippen LogP contribution in [0, 0.1) is 17.8 Å². The van der Waals surface area contributed by atoms with E-state index in [1.54, 1.807) is 0 Å². The zero-order valence-electron chi connectivity index (χ0n) is 5.84. The molecule has 2 nitrogen and oxygen atoms in total. The number of hydrogen-bond donors (Lipinski definition) is 1. The maximum atomic E-state index is 11.1. The van der Waals surface area contributed by atoms with E-state index in [1.165, 1.54) is 19.3 Å². The number of carbonyl (C=O) groups is 1. The Morgan fingerprint density at radius 1 is 1.40 bits per heavy atom. The van der Waals surface area contributed by atoms with Gasteiger partial charge in [-0.2, -0.15) is 0 Å². The van der Waals surface area contributed by atoms with Crippen molar-refractivity contribution in [3.63, 3.8) is 0 Å². The van der Waals surface area contributed by atoms with Crippen LogP contribution in [-0.2, 0) is 4.79 Å². The van der Waals surface area contributed by atoms with Crippen LogP contribution in [0.1, 0.15) is 19.3 Å². The lowest BCUT2D eigenvalue weighted by molar-refractivity contribution is -0.122. The molecule has 0 unspecified atom stereocenters. The summed E-state index contributed by atoms with van der Waals surface area (Å²) in [5.41, 5.74) is 0. The monoisotopic (exact) mass is 137 g/mol. The van der Waals surface area contributed by atoms with Gasteiger partial charge in [0.2, 0.25) is 5.91 Å². The van der Waals surface area contributed by atoms with E-state index in [-0.39, 0.29) is 0 Å². The summed E-state index contributed by atoms with van der Waals surface area (Å²) < 4.78 is 0. The molecular weight excluding hydrogens is 126 g/mol. The zero-order chi connectivity index (χ0) is 6.72. The molecule has 1 saturated heterocycles. The molecule has 3 rings (SSSR count). The quantitative estimate of drug-likeness (QED) is 0.518. The fraction of sp³-hybridized carbons (Fsp3) is 0.875. The van der Waals surface area contributed by atoms with Gasteiger partial charge in [-0.05, 0) is 24.7 Å². The Hall–Kier alpha value is -0.530. The Bertz CT molecular complexity index is 201. The molecule has 1 heterocycles. The molecule has 0 aromatic rings. The molecule has 0 aromatic heterocycles. The number of hydrogen-bond acceptors (Lipinski definition) is 1. The SMILES string of the molecule is O=C1N[C@@H]2CCC[C@@H]3[C@H]1[C@@H]32. The summed E-state index contributed by atoms with van der Waals surface area (Å²) in [7, 11) is 0. The van der Waals surface area contributed by atoms with E-state index >= 15 is 0 Å². The van der Waals surface area contributed by atoms with Crippen LogP contribution in [0.25, 0.3) is 0 Å². The smallest absolute Gasteiger partial charge is 0.223 e. The minimum atomic E-state index is 0.347. The van der Waals surface area contributed by atoms with Crippen LogP contribution in [0.15, 0.2) is 0 Å². The van der Waals surface area contributed by atoms with Gasteiger partial charge in [0.1, 0.15) is 0 Å². The van der Waals surface area contributed by atoms with Gasteiger partial charge < -0.3 is 5.32 Å². The van der Waals surface area contributed by atoms with Gasteiger partial charge in [0.15, 0.2) is 0 Å². The molecule has 3 aliphatic rings.